The van der Waals surface area contributed by atoms with Crippen LogP contribution in [-0.4, -0.2) is 61.8 Å². The molecule has 0 spiro atoms. The van der Waals surface area contributed by atoms with Crippen LogP contribution in [0.3, 0.4) is 0 Å². The van der Waals surface area contributed by atoms with E-state index >= 15 is 0 Å². The number of carbonyl (C=O) groups excluding carboxylic acids is 2. The van der Waals surface area contributed by atoms with Crippen LogP contribution in [0.1, 0.15) is 10.4 Å². The maximum absolute atomic E-state index is 13.2. The molecule has 182 valence electrons. The van der Waals surface area contributed by atoms with Crippen molar-refractivity contribution in [2.24, 2.45) is 0 Å². The summed E-state index contributed by atoms with van der Waals surface area (Å²) in [6.07, 6.45) is 4.44. The van der Waals surface area contributed by atoms with E-state index in [1.165, 1.54) is 44.7 Å². The predicted octanol–water partition coefficient (Wildman–Crippen LogP) is 2.77. The van der Waals surface area contributed by atoms with Gasteiger partial charge in [-0.05, 0) is 24.3 Å². The molecule has 0 fully saturated rings. The molecule has 0 aliphatic carbocycles. The van der Waals surface area contributed by atoms with E-state index in [0.29, 0.717) is 0 Å². The Morgan fingerprint density at radius 3 is 2.77 bits per heavy atom. The zero-order valence-electron chi connectivity index (χ0n) is 18.4. The number of hydrogen-bond donors (Lipinski definition) is 2. The van der Waals surface area contributed by atoms with Crippen molar-refractivity contribution in [3.05, 3.63) is 53.4 Å². The number of benzene rings is 1. The van der Waals surface area contributed by atoms with Gasteiger partial charge in [-0.25, -0.2) is 9.50 Å². The van der Waals surface area contributed by atoms with Gasteiger partial charge in [0.25, 0.3) is 5.91 Å². The van der Waals surface area contributed by atoms with Gasteiger partial charge in [0.2, 0.25) is 5.91 Å². The van der Waals surface area contributed by atoms with Gasteiger partial charge in [0.1, 0.15) is 23.6 Å². The van der Waals surface area contributed by atoms with E-state index in [1.54, 1.807) is 26.4 Å². The second kappa shape index (κ2) is 9.54. The van der Waals surface area contributed by atoms with Gasteiger partial charge >= 0.3 is 6.61 Å². The van der Waals surface area contributed by atoms with Crippen molar-refractivity contribution < 1.29 is 23.1 Å². The quantitative estimate of drug-likeness (QED) is 0.395. The van der Waals surface area contributed by atoms with Gasteiger partial charge in [-0.3, -0.25) is 14.3 Å². The van der Waals surface area contributed by atoms with Crippen molar-refractivity contribution in [2.75, 3.05) is 25.1 Å². The van der Waals surface area contributed by atoms with Crippen LogP contribution in [0.25, 0.3) is 16.9 Å². The Hall–Kier alpha value is -4.26. The first-order valence-corrected chi connectivity index (χ1v) is 10.4. The Kier molecular flexibility index (Phi) is 6.51. The fourth-order valence-electron chi connectivity index (χ4n) is 3.27. The third-order valence-corrected chi connectivity index (χ3v) is 5.10. The van der Waals surface area contributed by atoms with Crippen LogP contribution in [0.5, 0.6) is 5.75 Å². The van der Waals surface area contributed by atoms with Crippen molar-refractivity contribution in [3.63, 3.8) is 0 Å². The molecule has 1 aromatic carbocycles. The topological polar surface area (TPSA) is 133 Å². The molecule has 2 amide bonds. The van der Waals surface area contributed by atoms with E-state index < -0.39 is 12.5 Å². The lowest BCUT2D eigenvalue weighted by Crippen LogP contribution is -2.26. The van der Waals surface area contributed by atoms with E-state index in [-0.39, 0.29) is 57.2 Å². The Bertz CT molecular complexity index is 1420. The second-order valence-electron chi connectivity index (χ2n) is 7.50. The third kappa shape index (κ3) is 4.99. The largest absolute Gasteiger partial charge is 0.434 e. The molecule has 0 saturated heterocycles. The number of halogens is 3. The number of alkyl halides is 2. The molecule has 0 radical (unpaired) electrons. The molecule has 14 heteroatoms. The number of aromatic nitrogens is 5. The number of ether oxygens (including phenoxy) is 1. The first kappa shape index (κ1) is 23.9. The highest BCUT2D eigenvalue weighted by molar-refractivity contribution is 6.31. The number of nitrogens with two attached hydrogens (primary N) is 1. The van der Waals surface area contributed by atoms with Crippen LogP contribution in [0.4, 0.5) is 20.3 Å². The average molecular weight is 505 g/mol. The van der Waals surface area contributed by atoms with Crippen molar-refractivity contribution in [1.82, 2.24) is 29.3 Å². The number of fused-ring (bicyclic) bond motifs is 1. The van der Waals surface area contributed by atoms with Crippen molar-refractivity contribution in [1.29, 1.82) is 0 Å². The third-order valence-electron chi connectivity index (χ3n) is 4.87. The molecule has 3 N–H and O–H groups in total. The van der Waals surface area contributed by atoms with Gasteiger partial charge in [-0.15, -0.1) is 5.10 Å². The second-order valence-corrected chi connectivity index (χ2v) is 7.93. The minimum Gasteiger partial charge on any atom is -0.434 e. The number of carbonyl (C=O) groups is 2. The molecule has 35 heavy (non-hydrogen) atoms. The molecule has 0 atom stereocenters. The summed E-state index contributed by atoms with van der Waals surface area (Å²) in [7, 11) is 3.14. The summed E-state index contributed by atoms with van der Waals surface area (Å²) in [6.45, 7) is -3.29. The maximum Gasteiger partial charge on any atom is 0.387 e. The van der Waals surface area contributed by atoms with E-state index in [9.17, 15) is 18.4 Å². The SMILES string of the molecule is CN(C)C(=O)Cn1cc(NC(=O)c2c(N)nn3cccnc23)c(-c2cc(Cl)ccc2OC(F)F)n1. The first-order chi connectivity index (χ1) is 16.6. The number of nitrogens with zero attached hydrogens (tertiary/aromatic N) is 6. The number of amides is 2. The Labute approximate surface area is 202 Å². The van der Waals surface area contributed by atoms with Crippen LogP contribution >= 0.6 is 11.6 Å². The monoisotopic (exact) mass is 504 g/mol. The fourth-order valence-corrected chi connectivity index (χ4v) is 3.44. The zero-order valence-corrected chi connectivity index (χ0v) is 19.2. The van der Waals surface area contributed by atoms with Crippen molar-refractivity contribution >= 4 is 40.6 Å². The van der Waals surface area contributed by atoms with E-state index in [1.807, 2.05) is 0 Å². The average Bonchev–Trinajstić information content (AvgIpc) is 3.33. The zero-order chi connectivity index (χ0) is 25.3. The normalized spacial score (nSPS) is 11.1. The summed E-state index contributed by atoms with van der Waals surface area (Å²) in [5.41, 5.74) is 6.37. The molecular formula is C21H19ClF2N8O3. The highest BCUT2D eigenvalue weighted by Gasteiger charge is 2.24. The van der Waals surface area contributed by atoms with Crippen LogP contribution in [0, 0.1) is 0 Å². The summed E-state index contributed by atoms with van der Waals surface area (Å²) in [5, 5.41) is 11.3. The summed E-state index contributed by atoms with van der Waals surface area (Å²) in [4.78, 5) is 30.9. The molecular weight excluding hydrogens is 486 g/mol. The van der Waals surface area contributed by atoms with Crippen LogP contribution in [0.15, 0.2) is 42.9 Å². The molecule has 0 bridgehead atoms. The Balaban J connectivity index is 1.80. The number of hydrogen-bond acceptors (Lipinski definition) is 7. The van der Waals surface area contributed by atoms with Gasteiger partial charge in [-0.2, -0.15) is 13.9 Å². The molecule has 3 aromatic heterocycles. The molecule has 4 rings (SSSR count). The molecule has 3 heterocycles. The molecule has 0 aliphatic heterocycles. The van der Waals surface area contributed by atoms with Crippen molar-refractivity contribution in [3.8, 4) is 17.0 Å². The standard InChI is InChI=1S/C21H19ClF2N8O3/c1-30(2)15(33)10-31-9-13(17(28-31)12-8-11(22)4-5-14(12)35-21(23)24)27-20(34)16-18(25)29-32-7-3-6-26-19(16)32/h3-9,21H,10H2,1-2H3,(H2,25,29)(H,27,34). The van der Waals surface area contributed by atoms with E-state index in [4.69, 9.17) is 17.3 Å². The lowest BCUT2D eigenvalue weighted by atomic mass is 10.1. The highest BCUT2D eigenvalue weighted by atomic mass is 35.5. The van der Waals surface area contributed by atoms with E-state index in [2.05, 4.69) is 25.2 Å². The van der Waals surface area contributed by atoms with Gasteiger partial charge in [0.15, 0.2) is 11.5 Å². The molecule has 4 aromatic rings. The molecule has 0 unspecified atom stereocenters. The first-order valence-electron chi connectivity index (χ1n) is 10.1. The molecule has 11 nitrogen and oxygen atoms in total. The molecule has 0 aliphatic rings. The highest BCUT2D eigenvalue weighted by Crippen LogP contribution is 2.37. The summed E-state index contributed by atoms with van der Waals surface area (Å²) in [6, 6.07) is 5.61. The number of nitrogen functional groups attached to an aromatic ring is 1. The van der Waals surface area contributed by atoms with Gasteiger partial charge in [-0.1, -0.05) is 11.6 Å². The minimum absolute atomic E-state index is 0.00353. The van der Waals surface area contributed by atoms with Crippen LogP contribution < -0.4 is 15.8 Å². The van der Waals surface area contributed by atoms with Gasteiger partial charge in [0, 0.05) is 43.3 Å². The number of anilines is 2. The van der Waals surface area contributed by atoms with Crippen LogP contribution in [0.2, 0.25) is 5.02 Å². The van der Waals surface area contributed by atoms with E-state index in [0.717, 1.165) is 0 Å². The van der Waals surface area contributed by atoms with Gasteiger partial charge < -0.3 is 20.7 Å². The lowest BCUT2D eigenvalue weighted by Gasteiger charge is -2.11. The van der Waals surface area contributed by atoms with Crippen LogP contribution in [-0.2, 0) is 11.3 Å². The number of nitrogens with one attached hydrogen (secondary N) is 1. The number of rotatable bonds is 7. The lowest BCUT2D eigenvalue weighted by molar-refractivity contribution is -0.129. The smallest absolute Gasteiger partial charge is 0.387 e. The summed E-state index contributed by atoms with van der Waals surface area (Å²) >= 11 is 6.10. The van der Waals surface area contributed by atoms with Gasteiger partial charge in [0.05, 0.1) is 5.69 Å². The Morgan fingerprint density at radius 2 is 2.06 bits per heavy atom. The Morgan fingerprint density at radius 1 is 1.29 bits per heavy atom. The number of likely N-dealkylation sites (N-methyl/N-ethyl adjacent to an activating group) is 1. The summed E-state index contributed by atoms with van der Waals surface area (Å²) < 4.78 is 33.3. The maximum atomic E-state index is 13.2. The predicted molar refractivity (Wildman–Crippen MR) is 123 cm³/mol. The van der Waals surface area contributed by atoms with Crippen molar-refractivity contribution in [2.45, 2.75) is 13.2 Å². The minimum atomic E-state index is -3.12. The summed E-state index contributed by atoms with van der Waals surface area (Å²) in [5.74, 6) is -1.25. The fraction of sp³-hybridized carbons (Fsp3) is 0.190. The molecule has 0 saturated carbocycles.